The molecule has 1 unspecified atom stereocenters. The quantitative estimate of drug-likeness (QED) is 0.809. The Kier molecular flexibility index (Phi) is 3.51. The number of rotatable bonds is 7. The van der Waals surface area contributed by atoms with Gasteiger partial charge in [0.15, 0.2) is 11.5 Å². The summed E-state index contributed by atoms with van der Waals surface area (Å²) in [5.74, 6) is 4.25. The van der Waals surface area contributed by atoms with Gasteiger partial charge in [0.2, 0.25) is 6.79 Å². The molecular formula is C17H23NO3. The molecule has 2 aliphatic carbocycles. The van der Waals surface area contributed by atoms with Crippen molar-refractivity contribution >= 4 is 0 Å². The van der Waals surface area contributed by atoms with Crippen LogP contribution in [0.3, 0.4) is 0 Å². The average molecular weight is 289 g/mol. The Bertz CT molecular complexity index is 499. The van der Waals surface area contributed by atoms with E-state index in [1.807, 2.05) is 18.2 Å². The number of aliphatic hydroxyl groups is 1. The average Bonchev–Trinajstić information content (AvgIpc) is 3.41. The summed E-state index contributed by atoms with van der Waals surface area (Å²) < 4.78 is 10.7. The van der Waals surface area contributed by atoms with E-state index < -0.39 is 6.10 Å². The number of nitrogens with one attached hydrogen (secondary N) is 1. The normalized spacial score (nSPS) is 21.8. The van der Waals surface area contributed by atoms with Crippen LogP contribution in [0.15, 0.2) is 18.2 Å². The van der Waals surface area contributed by atoms with Crippen molar-refractivity contribution in [2.75, 3.05) is 19.9 Å². The van der Waals surface area contributed by atoms with E-state index in [1.54, 1.807) is 0 Å². The number of hydrogen-bond acceptors (Lipinski definition) is 4. The smallest absolute Gasteiger partial charge is 0.231 e. The van der Waals surface area contributed by atoms with Gasteiger partial charge in [-0.25, -0.2) is 0 Å². The molecule has 21 heavy (non-hydrogen) atoms. The first-order chi connectivity index (χ1) is 10.3. The second-order valence-electron chi connectivity index (χ2n) is 6.63. The fraction of sp³-hybridized carbons (Fsp3) is 0.647. The fourth-order valence-electron chi connectivity index (χ4n) is 3.39. The molecule has 0 aromatic heterocycles. The zero-order valence-corrected chi connectivity index (χ0v) is 12.3. The van der Waals surface area contributed by atoms with Gasteiger partial charge >= 0.3 is 0 Å². The molecule has 1 atom stereocenters. The Hall–Kier alpha value is -1.26. The van der Waals surface area contributed by atoms with Crippen LogP contribution in [0.1, 0.15) is 37.4 Å². The third-order valence-electron chi connectivity index (χ3n) is 4.95. The van der Waals surface area contributed by atoms with Crippen LogP contribution in [-0.4, -0.2) is 25.0 Å². The molecule has 1 aromatic carbocycles. The monoisotopic (exact) mass is 289 g/mol. The summed E-state index contributed by atoms with van der Waals surface area (Å²) in [7, 11) is 0. The van der Waals surface area contributed by atoms with E-state index in [2.05, 4.69) is 5.32 Å². The van der Waals surface area contributed by atoms with Crippen LogP contribution in [0.4, 0.5) is 0 Å². The van der Waals surface area contributed by atoms with Crippen LogP contribution < -0.4 is 14.8 Å². The summed E-state index contributed by atoms with van der Waals surface area (Å²) in [4.78, 5) is 0. The molecule has 3 aliphatic rings. The lowest BCUT2D eigenvalue weighted by Gasteiger charge is -2.18. The molecule has 0 saturated heterocycles. The lowest BCUT2D eigenvalue weighted by atomic mass is 9.98. The van der Waals surface area contributed by atoms with Gasteiger partial charge in [-0.15, -0.1) is 0 Å². The van der Waals surface area contributed by atoms with Gasteiger partial charge in [-0.1, -0.05) is 6.07 Å². The molecule has 4 heteroatoms. The minimum atomic E-state index is -0.487. The summed E-state index contributed by atoms with van der Waals surface area (Å²) in [6.07, 6.45) is 5.15. The van der Waals surface area contributed by atoms with E-state index in [-0.39, 0.29) is 6.79 Å². The van der Waals surface area contributed by atoms with Crippen molar-refractivity contribution in [2.45, 2.75) is 31.8 Å². The number of benzene rings is 1. The van der Waals surface area contributed by atoms with Crippen molar-refractivity contribution in [3.63, 3.8) is 0 Å². The minimum absolute atomic E-state index is 0.275. The molecule has 1 aromatic rings. The lowest BCUT2D eigenvalue weighted by molar-refractivity contribution is 0.168. The van der Waals surface area contributed by atoms with E-state index in [1.165, 1.54) is 25.7 Å². The number of aliphatic hydroxyl groups excluding tert-OH is 1. The minimum Gasteiger partial charge on any atom is -0.454 e. The predicted molar refractivity (Wildman–Crippen MR) is 79.3 cm³/mol. The molecule has 2 N–H and O–H groups in total. The molecule has 0 spiro atoms. The summed E-state index contributed by atoms with van der Waals surface area (Å²) in [6, 6.07) is 5.67. The zero-order chi connectivity index (χ0) is 14.2. The Labute approximate surface area is 125 Å². The van der Waals surface area contributed by atoms with Gasteiger partial charge in [0.25, 0.3) is 0 Å². The molecule has 1 heterocycles. The Balaban J connectivity index is 1.30. The second-order valence-corrected chi connectivity index (χ2v) is 6.63. The van der Waals surface area contributed by atoms with Crippen LogP contribution in [0.25, 0.3) is 0 Å². The molecule has 114 valence electrons. The highest BCUT2D eigenvalue weighted by Gasteiger charge is 2.40. The molecule has 2 saturated carbocycles. The SMILES string of the molecule is OC(CNCC(C1CC1)C1CC1)c1ccc2c(c1)OCO2. The van der Waals surface area contributed by atoms with Crippen molar-refractivity contribution in [1.82, 2.24) is 5.32 Å². The van der Waals surface area contributed by atoms with Gasteiger partial charge in [-0.05, 0) is 67.7 Å². The molecule has 4 nitrogen and oxygen atoms in total. The van der Waals surface area contributed by atoms with Crippen LogP contribution in [0.2, 0.25) is 0 Å². The van der Waals surface area contributed by atoms with Crippen LogP contribution in [-0.2, 0) is 0 Å². The van der Waals surface area contributed by atoms with E-state index in [4.69, 9.17) is 9.47 Å². The zero-order valence-electron chi connectivity index (χ0n) is 12.3. The first kappa shape index (κ1) is 13.4. The first-order valence-corrected chi connectivity index (χ1v) is 8.09. The molecule has 0 radical (unpaired) electrons. The van der Waals surface area contributed by atoms with Crippen molar-refractivity contribution in [2.24, 2.45) is 17.8 Å². The predicted octanol–water partition coefficient (Wildman–Crippen LogP) is 2.47. The van der Waals surface area contributed by atoms with Gasteiger partial charge in [-0.2, -0.15) is 0 Å². The van der Waals surface area contributed by atoms with Crippen molar-refractivity contribution < 1.29 is 14.6 Å². The standard InChI is InChI=1S/C17H23NO3/c19-15(13-5-6-16-17(7-13)21-10-20-16)9-18-8-14(11-1-2-11)12-3-4-12/h5-7,11-12,14-15,18-19H,1-4,8-10H2. The van der Waals surface area contributed by atoms with Crippen LogP contribution in [0.5, 0.6) is 11.5 Å². The first-order valence-electron chi connectivity index (χ1n) is 8.09. The maximum absolute atomic E-state index is 10.3. The van der Waals surface area contributed by atoms with Crippen LogP contribution >= 0.6 is 0 Å². The van der Waals surface area contributed by atoms with E-state index >= 15 is 0 Å². The van der Waals surface area contributed by atoms with Crippen LogP contribution in [0, 0.1) is 17.8 Å². The highest BCUT2D eigenvalue weighted by Crippen LogP contribution is 2.48. The number of hydrogen-bond donors (Lipinski definition) is 2. The third kappa shape index (κ3) is 3.01. The van der Waals surface area contributed by atoms with E-state index in [9.17, 15) is 5.11 Å². The topological polar surface area (TPSA) is 50.7 Å². The maximum Gasteiger partial charge on any atom is 0.231 e. The largest absolute Gasteiger partial charge is 0.454 e. The van der Waals surface area contributed by atoms with Crippen molar-refractivity contribution in [3.05, 3.63) is 23.8 Å². The Morgan fingerprint density at radius 2 is 1.76 bits per heavy atom. The van der Waals surface area contributed by atoms with Gasteiger partial charge in [0.05, 0.1) is 6.10 Å². The Morgan fingerprint density at radius 1 is 1.05 bits per heavy atom. The molecule has 4 rings (SSSR count). The number of fused-ring (bicyclic) bond motifs is 1. The summed E-state index contributed by atoms with van der Waals surface area (Å²) >= 11 is 0. The third-order valence-corrected chi connectivity index (χ3v) is 4.95. The highest BCUT2D eigenvalue weighted by molar-refractivity contribution is 5.45. The van der Waals surface area contributed by atoms with Crippen molar-refractivity contribution in [1.29, 1.82) is 0 Å². The molecule has 0 bridgehead atoms. The van der Waals surface area contributed by atoms with Gasteiger partial charge in [0.1, 0.15) is 0 Å². The second kappa shape index (κ2) is 5.50. The van der Waals surface area contributed by atoms with E-state index in [0.717, 1.165) is 41.4 Å². The summed E-state index contributed by atoms with van der Waals surface area (Å²) in [5.41, 5.74) is 0.890. The van der Waals surface area contributed by atoms with Gasteiger partial charge < -0.3 is 19.9 Å². The molecule has 0 amide bonds. The van der Waals surface area contributed by atoms with Crippen molar-refractivity contribution in [3.8, 4) is 11.5 Å². The molecule has 1 aliphatic heterocycles. The summed E-state index contributed by atoms with van der Waals surface area (Å²) in [5, 5.41) is 13.8. The Morgan fingerprint density at radius 3 is 2.48 bits per heavy atom. The summed E-state index contributed by atoms with van der Waals surface area (Å²) in [6.45, 7) is 1.93. The maximum atomic E-state index is 10.3. The highest BCUT2D eigenvalue weighted by atomic mass is 16.7. The van der Waals surface area contributed by atoms with Gasteiger partial charge in [0, 0.05) is 6.54 Å². The lowest BCUT2D eigenvalue weighted by Crippen LogP contribution is -2.29. The molecule has 2 fully saturated rings. The number of ether oxygens (including phenoxy) is 2. The van der Waals surface area contributed by atoms with Gasteiger partial charge in [-0.3, -0.25) is 0 Å². The fourth-order valence-corrected chi connectivity index (χ4v) is 3.39. The van der Waals surface area contributed by atoms with E-state index in [0.29, 0.717) is 6.54 Å². The molecular weight excluding hydrogens is 266 g/mol.